The molecule has 0 atom stereocenters. The van der Waals surface area contributed by atoms with Crippen molar-refractivity contribution in [3.63, 3.8) is 0 Å². The first-order chi connectivity index (χ1) is 12.2. The predicted molar refractivity (Wildman–Crippen MR) is 95.8 cm³/mol. The van der Waals surface area contributed by atoms with Crippen molar-refractivity contribution in [1.82, 2.24) is 9.80 Å². The first kappa shape index (κ1) is 15.9. The molecule has 4 rings (SSSR count). The lowest BCUT2D eigenvalue weighted by Gasteiger charge is -2.36. The van der Waals surface area contributed by atoms with Crippen molar-refractivity contribution in [2.45, 2.75) is 32.0 Å². The second kappa shape index (κ2) is 6.70. The lowest BCUT2D eigenvalue weighted by atomic mass is 10.0. The van der Waals surface area contributed by atoms with Gasteiger partial charge in [-0.25, -0.2) is 0 Å². The highest BCUT2D eigenvalue weighted by Gasteiger charge is 2.34. The lowest BCUT2D eigenvalue weighted by molar-refractivity contribution is 0.0590. The standard InChI is InChI=1S/C21H21N3O/c22-13-16-5-7-17(8-6-16)14-23-11-9-19(10-12-23)24-15-18-3-1-2-4-20(18)21(24)25/h1-8,19H,9-12,14-15H2. The Labute approximate surface area is 148 Å². The molecule has 4 nitrogen and oxygen atoms in total. The molecular formula is C21H21N3O. The average molecular weight is 331 g/mol. The summed E-state index contributed by atoms with van der Waals surface area (Å²) in [6, 6.07) is 18.3. The molecule has 0 saturated carbocycles. The van der Waals surface area contributed by atoms with Gasteiger partial charge in [-0.3, -0.25) is 9.69 Å². The maximum absolute atomic E-state index is 12.6. The van der Waals surface area contributed by atoms with Gasteiger partial charge in [0.1, 0.15) is 0 Å². The molecule has 2 aromatic rings. The Balaban J connectivity index is 1.34. The molecule has 2 aromatic carbocycles. The summed E-state index contributed by atoms with van der Waals surface area (Å²) < 4.78 is 0. The summed E-state index contributed by atoms with van der Waals surface area (Å²) >= 11 is 0. The fourth-order valence-corrected chi connectivity index (χ4v) is 3.90. The van der Waals surface area contributed by atoms with Gasteiger partial charge in [0, 0.05) is 37.8 Å². The number of nitriles is 1. The van der Waals surface area contributed by atoms with Crippen molar-refractivity contribution < 1.29 is 4.79 Å². The van der Waals surface area contributed by atoms with Crippen molar-refractivity contribution >= 4 is 5.91 Å². The van der Waals surface area contributed by atoms with E-state index in [1.807, 2.05) is 42.5 Å². The molecule has 0 aliphatic carbocycles. The molecule has 126 valence electrons. The van der Waals surface area contributed by atoms with E-state index in [2.05, 4.69) is 21.9 Å². The van der Waals surface area contributed by atoms with Gasteiger partial charge < -0.3 is 4.90 Å². The number of hydrogen-bond donors (Lipinski definition) is 0. The van der Waals surface area contributed by atoms with E-state index >= 15 is 0 Å². The molecule has 4 heteroatoms. The third-order valence-electron chi connectivity index (χ3n) is 5.34. The van der Waals surface area contributed by atoms with Crippen molar-refractivity contribution in [2.24, 2.45) is 0 Å². The molecule has 1 saturated heterocycles. The first-order valence-corrected chi connectivity index (χ1v) is 8.85. The molecule has 1 fully saturated rings. The number of fused-ring (bicyclic) bond motifs is 1. The van der Waals surface area contributed by atoms with Gasteiger partial charge in [-0.05, 0) is 42.2 Å². The Morgan fingerprint density at radius 1 is 1.04 bits per heavy atom. The summed E-state index contributed by atoms with van der Waals surface area (Å²) in [5, 5.41) is 8.88. The number of likely N-dealkylation sites (tertiary alicyclic amines) is 1. The Hall–Kier alpha value is -2.64. The van der Waals surface area contributed by atoms with E-state index in [9.17, 15) is 4.79 Å². The summed E-state index contributed by atoms with van der Waals surface area (Å²) in [5.41, 5.74) is 3.98. The smallest absolute Gasteiger partial charge is 0.254 e. The van der Waals surface area contributed by atoms with Crippen LogP contribution in [0.15, 0.2) is 48.5 Å². The zero-order valence-electron chi connectivity index (χ0n) is 14.2. The topological polar surface area (TPSA) is 47.3 Å². The molecular weight excluding hydrogens is 310 g/mol. The predicted octanol–water partition coefficient (Wildman–Crippen LogP) is 3.18. The van der Waals surface area contributed by atoms with Crippen LogP contribution in [-0.2, 0) is 13.1 Å². The summed E-state index contributed by atoms with van der Waals surface area (Å²) in [6.07, 6.45) is 2.05. The third kappa shape index (κ3) is 3.16. The highest BCUT2D eigenvalue weighted by Crippen LogP contribution is 2.28. The van der Waals surface area contributed by atoms with Crippen LogP contribution in [0.3, 0.4) is 0 Å². The van der Waals surface area contributed by atoms with Crippen LogP contribution >= 0.6 is 0 Å². The molecule has 0 spiro atoms. The molecule has 25 heavy (non-hydrogen) atoms. The van der Waals surface area contributed by atoms with Gasteiger partial charge in [0.05, 0.1) is 11.6 Å². The van der Waals surface area contributed by atoms with Crippen LogP contribution in [0.1, 0.15) is 39.9 Å². The van der Waals surface area contributed by atoms with Crippen molar-refractivity contribution in [3.8, 4) is 6.07 Å². The van der Waals surface area contributed by atoms with Gasteiger partial charge in [0.25, 0.3) is 5.91 Å². The number of carbonyl (C=O) groups is 1. The number of benzene rings is 2. The second-order valence-corrected chi connectivity index (χ2v) is 6.91. The summed E-state index contributed by atoms with van der Waals surface area (Å²) in [6.45, 7) is 3.68. The van der Waals surface area contributed by atoms with Gasteiger partial charge >= 0.3 is 0 Å². The molecule has 1 amide bonds. The van der Waals surface area contributed by atoms with Crippen molar-refractivity contribution in [1.29, 1.82) is 5.26 Å². The average Bonchev–Trinajstić information content (AvgIpc) is 3.00. The van der Waals surface area contributed by atoms with Crippen LogP contribution in [0.5, 0.6) is 0 Å². The van der Waals surface area contributed by atoms with Gasteiger partial charge in [0.2, 0.25) is 0 Å². The van der Waals surface area contributed by atoms with E-state index in [0.29, 0.717) is 11.6 Å². The summed E-state index contributed by atoms with van der Waals surface area (Å²) in [4.78, 5) is 17.1. The van der Waals surface area contributed by atoms with Crippen molar-refractivity contribution in [3.05, 3.63) is 70.8 Å². The number of amides is 1. The molecule has 0 N–H and O–H groups in total. The monoisotopic (exact) mass is 331 g/mol. The number of rotatable bonds is 3. The van der Waals surface area contributed by atoms with E-state index in [-0.39, 0.29) is 5.91 Å². The van der Waals surface area contributed by atoms with Gasteiger partial charge in [-0.15, -0.1) is 0 Å². The maximum atomic E-state index is 12.6. The first-order valence-electron chi connectivity index (χ1n) is 8.85. The van der Waals surface area contributed by atoms with Crippen LogP contribution < -0.4 is 0 Å². The molecule has 2 heterocycles. The SMILES string of the molecule is N#Cc1ccc(CN2CCC(N3Cc4ccccc4C3=O)CC2)cc1. The maximum Gasteiger partial charge on any atom is 0.254 e. The number of piperidine rings is 1. The third-order valence-corrected chi connectivity index (χ3v) is 5.34. The molecule has 0 radical (unpaired) electrons. The highest BCUT2D eigenvalue weighted by atomic mass is 16.2. The minimum Gasteiger partial charge on any atom is -0.331 e. The second-order valence-electron chi connectivity index (χ2n) is 6.91. The Morgan fingerprint density at radius 3 is 2.44 bits per heavy atom. The molecule has 0 bridgehead atoms. The van der Waals surface area contributed by atoms with Crippen LogP contribution in [0, 0.1) is 11.3 Å². The van der Waals surface area contributed by atoms with Crippen LogP contribution in [0.25, 0.3) is 0 Å². The van der Waals surface area contributed by atoms with Gasteiger partial charge in [0.15, 0.2) is 0 Å². The fraction of sp³-hybridized carbons (Fsp3) is 0.333. The van der Waals surface area contributed by atoms with Crippen molar-refractivity contribution in [2.75, 3.05) is 13.1 Å². The van der Waals surface area contributed by atoms with E-state index < -0.39 is 0 Å². The van der Waals surface area contributed by atoms with Gasteiger partial charge in [-0.2, -0.15) is 5.26 Å². The normalized spacial score (nSPS) is 18.2. The number of carbonyl (C=O) groups excluding carboxylic acids is 1. The minimum absolute atomic E-state index is 0.196. The van der Waals surface area contributed by atoms with E-state index in [1.54, 1.807) is 0 Å². The number of hydrogen-bond acceptors (Lipinski definition) is 3. The molecule has 0 aromatic heterocycles. The quantitative estimate of drug-likeness (QED) is 0.868. The number of nitrogens with zero attached hydrogens (tertiary/aromatic N) is 3. The largest absolute Gasteiger partial charge is 0.331 e. The van der Waals surface area contributed by atoms with E-state index in [0.717, 1.165) is 50.1 Å². The fourth-order valence-electron chi connectivity index (χ4n) is 3.90. The van der Waals surface area contributed by atoms with Gasteiger partial charge in [-0.1, -0.05) is 30.3 Å². The van der Waals surface area contributed by atoms with Crippen LogP contribution in [-0.4, -0.2) is 34.8 Å². The summed E-state index contributed by atoms with van der Waals surface area (Å²) in [5.74, 6) is 0.196. The molecule has 2 aliphatic rings. The minimum atomic E-state index is 0.196. The molecule has 2 aliphatic heterocycles. The van der Waals surface area contributed by atoms with E-state index in [1.165, 1.54) is 5.56 Å². The van der Waals surface area contributed by atoms with E-state index in [4.69, 9.17) is 5.26 Å². The Bertz CT molecular complexity index is 814. The Kier molecular flexibility index (Phi) is 4.25. The Morgan fingerprint density at radius 2 is 1.76 bits per heavy atom. The van der Waals surface area contributed by atoms with Crippen LogP contribution in [0.2, 0.25) is 0 Å². The summed E-state index contributed by atoms with van der Waals surface area (Å²) in [7, 11) is 0. The van der Waals surface area contributed by atoms with Crippen LogP contribution in [0.4, 0.5) is 0 Å². The zero-order valence-corrected chi connectivity index (χ0v) is 14.2. The molecule has 0 unspecified atom stereocenters. The zero-order chi connectivity index (χ0) is 17.2. The highest BCUT2D eigenvalue weighted by molar-refractivity contribution is 5.98. The lowest BCUT2D eigenvalue weighted by Crippen LogP contribution is -2.44.